The van der Waals surface area contributed by atoms with Crippen molar-refractivity contribution >= 4 is 119 Å². The zero-order valence-corrected chi connectivity index (χ0v) is 61.9. The van der Waals surface area contributed by atoms with Crippen LogP contribution in [0.2, 0.25) is 0 Å². The number of benzene rings is 19. The molecular formula is C108H68N6. The maximum atomic E-state index is 5.52. The molecule has 6 heteroatoms. The minimum atomic E-state index is 0.648. The SMILES string of the molecule is c1ccc(-c2ccc(-c3ccc(-c4nc(-n5c6ccc7ccccc7c6c6c7ccccc7c(-c7ccc8ccccc8c7)cc65)nc5ccccc45)cc3)cc2)cc1.c1ccc(-c2cccc(-c3ccc(-c4nc(-n5c6ccc7ccccc7c6c6c7ccccc7c(-c7ccccc7)cc65)nc5ccccc45)cc3)c2)cc1. The highest BCUT2D eigenvalue weighted by atomic mass is 15.2. The zero-order chi connectivity index (χ0) is 75.2. The van der Waals surface area contributed by atoms with Crippen molar-refractivity contribution in [3.05, 3.63) is 413 Å². The van der Waals surface area contributed by atoms with Crippen molar-refractivity contribution < 1.29 is 0 Å². The van der Waals surface area contributed by atoms with E-state index in [9.17, 15) is 0 Å². The maximum absolute atomic E-state index is 5.52. The van der Waals surface area contributed by atoms with Crippen molar-refractivity contribution in [3.8, 4) is 101 Å². The Morgan fingerprint density at radius 1 is 0.158 bits per heavy atom. The van der Waals surface area contributed by atoms with E-state index in [0.717, 1.165) is 77.5 Å². The predicted molar refractivity (Wildman–Crippen MR) is 479 cm³/mol. The number of nitrogens with zero attached hydrogens (tertiary/aromatic N) is 6. The van der Waals surface area contributed by atoms with Crippen LogP contribution < -0.4 is 0 Å². The lowest BCUT2D eigenvalue weighted by Crippen LogP contribution is -2.03. The van der Waals surface area contributed by atoms with Crippen LogP contribution in [0.5, 0.6) is 0 Å². The van der Waals surface area contributed by atoms with Crippen LogP contribution in [0.25, 0.3) is 220 Å². The minimum absolute atomic E-state index is 0.648. The highest BCUT2D eigenvalue weighted by molar-refractivity contribution is 6.32. The van der Waals surface area contributed by atoms with E-state index in [-0.39, 0.29) is 0 Å². The van der Waals surface area contributed by atoms with E-state index in [2.05, 4.69) is 422 Å². The Kier molecular flexibility index (Phi) is 15.8. The molecule has 530 valence electrons. The first-order chi connectivity index (χ1) is 56.5. The van der Waals surface area contributed by atoms with Crippen molar-refractivity contribution in [2.45, 2.75) is 0 Å². The molecule has 23 aromatic rings. The zero-order valence-electron chi connectivity index (χ0n) is 61.9. The number of fused-ring (bicyclic) bond motifs is 17. The fourth-order valence-corrected chi connectivity index (χ4v) is 17.6. The van der Waals surface area contributed by atoms with Gasteiger partial charge in [-0.3, -0.25) is 9.13 Å². The van der Waals surface area contributed by atoms with Gasteiger partial charge < -0.3 is 0 Å². The van der Waals surface area contributed by atoms with E-state index >= 15 is 0 Å². The molecule has 0 aliphatic carbocycles. The summed E-state index contributed by atoms with van der Waals surface area (Å²) >= 11 is 0. The number of hydrogen-bond donors (Lipinski definition) is 0. The van der Waals surface area contributed by atoms with Crippen molar-refractivity contribution in [2.24, 2.45) is 0 Å². The Morgan fingerprint density at radius 3 is 0.930 bits per heavy atom. The van der Waals surface area contributed by atoms with Gasteiger partial charge in [0.1, 0.15) is 0 Å². The molecular weight excluding hydrogens is 1380 g/mol. The Labute approximate surface area is 657 Å². The van der Waals surface area contributed by atoms with Gasteiger partial charge in [0, 0.05) is 43.4 Å². The fraction of sp³-hybridized carbons (Fsp3) is 0. The first-order valence-electron chi connectivity index (χ1n) is 38.9. The molecule has 4 aromatic heterocycles. The van der Waals surface area contributed by atoms with E-state index in [1.54, 1.807) is 0 Å². The molecule has 23 rings (SSSR count). The highest BCUT2D eigenvalue weighted by Crippen LogP contribution is 2.47. The van der Waals surface area contributed by atoms with E-state index < -0.39 is 0 Å². The van der Waals surface area contributed by atoms with Crippen LogP contribution in [0.15, 0.2) is 413 Å². The van der Waals surface area contributed by atoms with Crippen LogP contribution >= 0.6 is 0 Å². The second-order valence-corrected chi connectivity index (χ2v) is 29.5. The van der Waals surface area contributed by atoms with Crippen LogP contribution in [0.1, 0.15) is 0 Å². The smallest absolute Gasteiger partial charge is 0.235 e. The largest absolute Gasteiger partial charge is 0.278 e. The van der Waals surface area contributed by atoms with E-state index in [0.29, 0.717) is 11.9 Å². The van der Waals surface area contributed by atoms with Gasteiger partial charge in [0.2, 0.25) is 11.9 Å². The highest BCUT2D eigenvalue weighted by Gasteiger charge is 2.26. The van der Waals surface area contributed by atoms with Gasteiger partial charge in [-0.15, -0.1) is 0 Å². The summed E-state index contributed by atoms with van der Waals surface area (Å²) in [5.74, 6) is 1.30. The third-order valence-electron chi connectivity index (χ3n) is 23.0. The molecule has 0 N–H and O–H groups in total. The van der Waals surface area contributed by atoms with Gasteiger partial charge in [-0.25, -0.2) is 19.9 Å². The molecule has 0 spiro atoms. The topological polar surface area (TPSA) is 61.4 Å². The van der Waals surface area contributed by atoms with E-state index in [4.69, 9.17) is 19.9 Å². The monoisotopic (exact) mass is 1450 g/mol. The van der Waals surface area contributed by atoms with Gasteiger partial charge in [0.25, 0.3) is 0 Å². The third-order valence-corrected chi connectivity index (χ3v) is 23.0. The maximum Gasteiger partial charge on any atom is 0.235 e. The lowest BCUT2D eigenvalue weighted by molar-refractivity contribution is 1.01. The first kappa shape index (κ1) is 65.8. The summed E-state index contributed by atoms with van der Waals surface area (Å²) < 4.78 is 4.59. The molecule has 0 radical (unpaired) electrons. The van der Waals surface area contributed by atoms with Gasteiger partial charge >= 0.3 is 0 Å². The molecule has 0 aliphatic heterocycles. The minimum Gasteiger partial charge on any atom is -0.278 e. The standard InChI is InChI=1S/C56H35N3.C52H33N3/c1-2-12-36(13-3-1)38-22-24-39(25-23-38)40-26-29-42(30-27-40)55-48-20-10-11-21-50(48)57-56(58-55)59-51-33-32-41-15-6-7-17-45(41)53(51)54-47-19-9-8-18-46(47)49(35-52(54)59)44-31-28-37-14-4-5-16-43(37)34-44;1-3-14-34(15-4-1)39-19-13-20-40(32-39)35-26-28-38(29-27-35)51-44-24-11-12-25-46(44)53-52(54-51)55-47-31-30-37-18-7-8-21-41(37)49(47)50-43-23-10-9-22-42(43)45(33-48(50)55)36-16-5-2-6-17-36/h1-35H;1-33H. The van der Waals surface area contributed by atoms with Crippen molar-refractivity contribution in [1.82, 2.24) is 29.1 Å². The van der Waals surface area contributed by atoms with Crippen LogP contribution in [0.4, 0.5) is 0 Å². The number of para-hydroxylation sites is 2. The summed E-state index contributed by atoms with van der Waals surface area (Å²) in [5, 5.41) is 19.0. The Balaban J connectivity index is 0.000000139. The molecule has 4 heterocycles. The normalized spacial score (nSPS) is 11.7. The van der Waals surface area contributed by atoms with Gasteiger partial charge in [-0.1, -0.05) is 364 Å². The van der Waals surface area contributed by atoms with Crippen molar-refractivity contribution in [2.75, 3.05) is 0 Å². The predicted octanol–water partition coefficient (Wildman–Crippen LogP) is 28.6. The molecule has 0 amide bonds. The lowest BCUT2D eigenvalue weighted by Gasteiger charge is -2.14. The molecule has 0 atom stereocenters. The van der Waals surface area contributed by atoms with Gasteiger partial charge in [-0.05, 0) is 169 Å². The van der Waals surface area contributed by atoms with Gasteiger partial charge in [0.05, 0.1) is 44.5 Å². The average molecular weight is 1450 g/mol. The molecule has 114 heavy (non-hydrogen) atoms. The van der Waals surface area contributed by atoms with Crippen LogP contribution in [-0.4, -0.2) is 29.1 Å². The summed E-state index contributed by atoms with van der Waals surface area (Å²) in [7, 11) is 0. The first-order valence-corrected chi connectivity index (χ1v) is 38.9. The second kappa shape index (κ2) is 27.4. The van der Waals surface area contributed by atoms with E-state index in [1.165, 1.54) is 131 Å². The number of aromatic nitrogens is 6. The Hall–Kier alpha value is -15.2. The molecule has 19 aromatic carbocycles. The summed E-state index contributed by atoms with van der Waals surface area (Å²) in [4.78, 5) is 21.7. The molecule has 0 aliphatic rings. The molecule has 0 fully saturated rings. The quantitative estimate of drug-likeness (QED) is 0.137. The number of rotatable bonds is 10. The van der Waals surface area contributed by atoms with E-state index in [1.807, 2.05) is 0 Å². The molecule has 0 saturated heterocycles. The lowest BCUT2D eigenvalue weighted by atomic mass is 9.93. The summed E-state index contributed by atoms with van der Waals surface area (Å²) in [6, 6.07) is 148. The molecule has 0 unspecified atom stereocenters. The fourth-order valence-electron chi connectivity index (χ4n) is 17.6. The summed E-state index contributed by atoms with van der Waals surface area (Å²) in [6.45, 7) is 0. The Bertz CT molecular complexity index is 7740. The van der Waals surface area contributed by atoms with Crippen LogP contribution in [-0.2, 0) is 0 Å². The van der Waals surface area contributed by atoms with Crippen LogP contribution in [0.3, 0.4) is 0 Å². The van der Waals surface area contributed by atoms with Crippen LogP contribution in [0, 0.1) is 0 Å². The van der Waals surface area contributed by atoms with Crippen molar-refractivity contribution in [1.29, 1.82) is 0 Å². The van der Waals surface area contributed by atoms with Gasteiger partial charge in [0.15, 0.2) is 0 Å². The average Bonchev–Trinajstić information content (AvgIpc) is 1.54. The molecule has 0 bridgehead atoms. The summed E-state index contributed by atoms with van der Waals surface area (Å²) in [6.07, 6.45) is 0. The molecule has 0 saturated carbocycles. The number of hydrogen-bond acceptors (Lipinski definition) is 4. The van der Waals surface area contributed by atoms with Crippen molar-refractivity contribution in [3.63, 3.8) is 0 Å². The molecule has 6 nitrogen and oxygen atoms in total. The second-order valence-electron chi connectivity index (χ2n) is 29.5. The Morgan fingerprint density at radius 2 is 0.465 bits per heavy atom. The third kappa shape index (κ3) is 11.3. The summed E-state index contributed by atoms with van der Waals surface area (Å²) in [5.41, 5.74) is 24.3. The van der Waals surface area contributed by atoms with Gasteiger partial charge in [-0.2, -0.15) is 0 Å².